The van der Waals surface area contributed by atoms with Crippen molar-refractivity contribution in [3.8, 4) is 11.4 Å². The number of thioether (sulfide) groups is 1. The Bertz CT molecular complexity index is 1010. The summed E-state index contributed by atoms with van der Waals surface area (Å²) in [4.78, 5) is 27.5. The minimum atomic E-state index is -0.457. The van der Waals surface area contributed by atoms with Gasteiger partial charge in [-0.25, -0.2) is 4.79 Å². The topological polar surface area (TPSA) is 103 Å². The number of rotatable bonds is 6. The van der Waals surface area contributed by atoms with Gasteiger partial charge < -0.3 is 18.7 Å². The molecule has 0 amide bonds. The van der Waals surface area contributed by atoms with Gasteiger partial charge in [0.25, 0.3) is 0 Å². The summed E-state index contributed by atoms with van der Waals surface area (Å²) in [6.45, 7) is 5.33. The number of aromatic nitrogens is 4. The summed E-state index contributed by atoms with van der Waals surface area (Å²) in [6, 6.07) is 1.83. The number of ketones is 1. The van der Waals surface area contributed by atoms with Crippen LogP contribution in [0.3, 0.4) is 0 Å². The molecule has 0 aliphatic heterocycles. The van der Waals surface area contributed by atoms with Crippen LogP contribution in [0.25, 0.3) is 11.4 Å². The first kappa shape index (κ1) is 19.0. The van der Waals surface area contributed by atoms with E-state index < -0.39 is 5.97 Å². The number of carbonyl (C=O) groups excluding carboxylic acids is 2. The Morgan fingerprint density at radius 1 is 1.30 bits per heavy atom. The number of aryl methyl sites for hydroxylation is 2. The maximum absolute atomic E-state index is 12.6. The van der Waals surface area contributed by atoms with Gasteiger partial charge in [0.05, 0.1) is 35.9 Å². The average Bonchev–Trinajstić information content (AvgIpc) is 3.30. The molecule has 27 heavy (non-hydrogen) atoms. The highest BCUT2D eigenvalue weighted by atomic mass is 32.2. The van der Waals surface area contributed by atoms with Crippen molar-refractivity contribution >= 4 is 23.5 Å². The lowest BCUT2D eigenvalue weighted by atomic mass is 10.1. The Morgan fingerprint density at radius 3 is 2.67 bits per heavy atom. The fourth-order valence-electron chi connectivity index (χ4n) is 2.93. The molecule has 3 heterocycles. The molecular weight excluding hydrogens is 368 g/mol. The van der Waals surface area contributed by atoms with Crippen molar-refractivity contribution in [2.75, 3.05) is 12.9 Å². The first-order valence-electron chi connectivity index (χ1n) is 8.22. The summed E-state index contributed by atoms with van der Waals surface area (Å²) < 4.78 is 11.9. The van der Waals surface area contributed by atoms with Gasteiger partial charge in [0.15, 0.2) is 16.8 Å². The SMILES string of the molecule is COC(=O)c1c(C)[nH]c(C(=O)CSc2nnc(-c3ccoc3C)n2C)c1C. The number of aromatic amines is 1. The van der Waals surface area contributed by atoms with Crippen LogP contribution < -0.4 is 0 Å². The van der Waals surface area contributed by atoms with Crippen LogP contribution in [0.2, 0.25) is 0 Å². The van der Waals surface area contributed by atoms with E-state index in [0.717, 1.165) is 11.3 Å². The van der Waals surface area contributed by atoms with Crippen molar-refractivity contribution in [1.29, 1.82) is 0 Å². The quantitative estimate of drug-likeness (QED) is 0.393. The molecule has 3 rings (SSSR count). The number of nitrogens with zero attached hydrogens (tertiary/aromatic N) is 3. The summed E-state index contributed by atoms with van der Waals surface area (Å²) in [5, 5.41) is 8.97. The number of hydrogen-bond acceptors (Lipinski definition) is 7. The van der Waals surface area contributed by atoms with Gasteiger partial charge in [-0.2, -0.15) is 0 Å². The summed E-state index contributed by atoms with van der Waals surface area (Å²) in [6.07, 6.45) is 1.60. The molecule has 3 aromatic rings. The van der Waals surface area contributed by atoms with Gasteiger partial charge in [-0.1, -0.05) is 11.8 Å². The lowest BCUT2D eigenvalue weighted by molar-refractivity contribution is 0.0599. The molecule has 142 valence electrons. The Labute approximate surface area is 160 Å². The molecule has 0 atom stereocenters. The number of furan rings is 1. The van der Waals surface area contributed by atoms with Crippen molar-refractivity contribution < 1.29 is 18.7 Å². The Morgan fingerprint density at radius 2 is 2.04 bits per heavy atom. The molecule has 9 heteroatoms. The van der Waals surface area contributed by atoms with Crippen molar-refractivity contribution in [1.82, 2.24) is 19.7 Å². The van der Waals surface area contributed by atoms with Gasteiger partial charge in [-0.3, -0.25) is 4.79 Å². The van der Waals surface area contributed by atoms with Crippen molar-refractivity contribution in [2.45, 2.75) is 25.9 Å². The van der Waals surface area contributed by atoms with Crippen LogP contribution in [-0.2, 0) is 11.8 Å². The molecule has 1 N–H and O–H groups in total. The lowest BCUT2D eigenvalue weighted by Crippen LogP contribution is -2.07. The van der Waals surface area contributed by atoms with E-state index in [-0.39, 0.29) is 11.5 Å². The molecule has 0 aliphatic carbocycles. The van der Waals surface area contributed by atoms with E-state index in [1.807, 2.05) is 24.6 Å². The third-order valence-corrected chi connectivity index (χ3v) is 5.39. The highest BCUT2D eigenvalue weighted by molar-refractivity contribution is 7.99. The van der Waals surface area contributed by atoms with Crippen LogP contribution in [0.15, 0.2) is 21.9 Å². The maximum atomic E-state index is 12.6. The third kappa shape index (κ3) is 3.42. The monoisotopic (exact) mass is 388 g/mol. The molecule has 0 saturated heterocycles. The van der Waals surface area contributed by atoms with Crippen LogP contribution in [0.5, 0.6) is 0 Å². The van der Waals surface area contributed by atoms with Crippen molar-refractivity contribution in [2.24, 2.45) is 7.05 Å². The van der Waals surface area contributed by atoms with E-state index in [0.29, 0.717) is 33.5 Å². The molecule has 0 bridgehead atoms. The van der Waals surface area contributed by atoms with E-state index in [1.165, 1.54) is 18.9 Å². The van der Waals surface area contributed by atoms with Gasteiger partial charge >= 0.3 is 5.97 Å². The Hall–Kier alpha value is -2.81. The average molecular weight is 388 g/mol. The van der Waals surface area contributed by atoms with Crippen LogP contribution in [-0.4, -0.2) is 44.4 Å². The van der Waals surface area contributed by atoms with E-state index >= 15 is 0 Å². The fraction of sp³-hybridized carbons (Fsp3) is 0.333. The molecular formula is C18H20N4O4S. The van der Waals surface area contributed by atoms with Gasteiger partial charge in [0.1, 0.15) is 5.76 Å². The predicted octanol–water partition coefficient (Wildman–Crippen LogP) is 3.09. The van der Waals surface area contributed by atoms with Gasteiger partial charge in [-0.05, 0) is 32.4 Å². The summed E-state index contributed by atoms with van der Waals surface area (Å²) in [5.41, 5.74) is 2.89. The number of hydrogen-bond donors (Lipinski definition) is 1. The molecule has 0 spiro atoms. The molecule has 0 aromatic carbocycles. The summed E-state index contributed by atoms with van der Waals surface area (Å²) >= 11 is 1.28. The molecule has 8 nitrogen and oxygen atoms in total. The van der Waals surface area contributed by atoms with Crippen LogP contribution in [0.1, 0.15) is 37.9 Å². The summed E-state index contributed by atoms with van der Waals surface area (Å²) in [5.74, 6) is 1.01. The first-order valence-corrected chi connectivity index (χ1v) is 9.21. The Kier molecular flexibility index (Phi) is 5.22. The second-order valence-electron chi connectivity index (χ2n) is 6.08. The largest absolute Gasteiger partial charge is 0.469 e. The van der Waals surface area contributed by atoms with Gasteiger partial charge in [0, 0.05) is 12.7 Å². The highest BCUT2D eigenvalue weighted by Gasteiger charge is 2.23. The molecule has 0 fully saturated rings. The number of esters is 1. The normalized spacial score (nSPS) is 11.0. The maximum Gasteiger partial charge on any atom is 0.339 e. The number of nitrogens with one attached hydrogen (secondary N) is 1. The van der Waals surface area contributed by atoms with Gasteiger partial charge in [0.2, 0.25) is 0 Å². The molecule has 0 radical (unpaired) electrons. The van der Waals surface area contributed by atoms with Crippen LogP contribution in [0.4, 0.5) is 0 Å². The molecule has 3 aromatic heterocycles. The standard InChI is InChI=1S/C18H20N4O4S/c1-9-14(17(24)25-5)10(2)19-15(9)13(23)8-27-18-21-20-16(22(18)4)12-6-7-26-11(12)3/h6-7,19H,8H2,1-5H3. The van der Waals surface area contributed by atoms with Gasteiger partial charge in [-0.15, -0.1) is 10.2 Å². The second-order valence-corrected chi connectivity index (χ2v) is 7.03. The second kappa shape index (κ2) is 7.43. The zero-order chi connectivity index (χ0) is 19.7. The first-order chi connectivity index (χ1) is 12.8. The number of Topliss-reactive ketones (excluding diaryl/α,β-unsaturated/α-hetero) is 1. The lowest BCUT2D eigenvalue weighted by Gasteiger charge is -2.03. The zero-order valence-corrected chi connectivity index (χ0v) is 16.6. The smallest absolute Gasteiger partial charge is 0.339 e. The van der Waals surface area contributed by atoms with Crippen molar-refractivity contribution in [3.05, 3.63) is 40.6 Å². The highest BCUT2D eigenvalue weighted by Crippen LogP contribution is 2.27. The predicted molar refractivity (Wildman–Crippen MR) is 100 cm³/mol. The molecule has 0 saturated carbocycles. The van der Waals surface area contributed by atoms with Crippen LogP contribution in [0, 0.1) is 20.8 Å². The number of H-pyrrole nitrogens is 1. The third-order valence-electron chi connectivity index (χ3n) is 4.37. The Balaban J connectivity index is 1.77. The number of methoxy groups -OCH3 is 1. The van der Waals surface area contributed by atoms with Crippen LogP contribution >= 0.6 is 11.8 Å². The fourth-order valence-corrected chi connectivity index (χ4v) is 3.71. The van der Waals surface area contributed by atoms with E-state index in [1.54, 1.807) is 20.1 Å². The van der Waals surface area contributed by atoms with E-state index in [9.17, 15) is 9.59 Å². The minimum Gasteiger partial charge on any atom is -0.469 e. The zero-order valence-electron chi connectivity index (χ0n) is 15.7. The van der Waals surface area contributed by atoms with Crippen molar-refractivity contribution in [3.63, 3.8) is 0 Å². The summed E-state index contributed by atoms with van der Waals surface area (Å²) in [7, 11) is 3.16. The minimum absolute atomic E-state index is 0.125. The molecule has 0 aliphatic rings. The van der Waals surface area contributed by atoms with E-state index in [4.69, 9.17) is 9.15 Å². The van der Waals surface area contributed by atoms with E-state index in [2.05, 4.69) is 15.2 Å². The molecule has 0 unspecified atom stereocenters. The number of ether oxygens (including phenoxy) is 1. The number of carbonyl (C=O) groups is 2.